The molecule has 0 aliphatic heterocycles. The van der Waals surface area contributed by atoms with Gasteiger partial charge in [0.2, 0.25) is 0 Å². The Morgan fingerprint density at radius 3 is 2.64 bits per heavy atom. The third-order valence-corrected chi connectivity index (χ3v) is 3.97. The third kappa shape index (κ3) is 2.86. The molecule has 2 aromatic carbocycles. The van der Waals surface area contributed by atoms with E-state index in [0.29, 0.717) is 11.0 Å². The minimum atomic E-state index is -1.00. The highest BCUT2D eigenvalue weighted by molar-refractivity contribution is 6.06. The molecule has 0 aliphatic rings. The predicted octanol–water partition coefficient (Wildman–Crippen LogP) is 2.54. The Kier molecular flexibility index (Phi) is 4.28. The summed E-state index contributed by atoms with van der Waals surface area (Å²) in [5, 5.41) is 8.86. The van der Waals surface area contributed by atoms with Crippen LogP contribution in [0.1, 0.15) is 10.4 Å². The lowest BCUT2D eigenvalue weighted by Crippen LogP contribution is -2.17. The van der Waals surface area contributed by atoms with E-state index in [2.05, 4.69) is 20.5 Å². The highest BCUT2D eigenvalue weighted by atomic mass is 19.1. The largest absolute Gasteiger partial charge is 0.338 e. The Labute approximate surface area is 155 Å². The fourth-order valence-corrected chi connectivity index (χ4v) is 2.76. The van der Waals surface area contributed by atoms with Crippen LogP contribution in [0.25, 0.3) is 22.6 Å². The number of carbonyl (C=O) groups excluding carboxylic acids is 2. The highest BCUT2D eigenvalue weighted by Crippen LogP contribution is 2.28. The van der Waals surface area contributed by atoms with Gasteiger partial charge in [-0.2, -0.15) is 9.83 Å². The minimum absolute atomic E-state index is 0.0960. The molecule has 1 amide bonds. The number of rotatable bonds is 5. The summed E-state index contributed by atoms with van der Waals surface area (Å²) in [5.41, 5.74) is 0.567. The number of H-pyrrole nitrogens is 1. The van der Waals surface area contributed by atoms with Crippen LogP contribution >= 0.6 is 0 Å². The van der Waals surface area contributed by atoms with Gasteiger partial charge in [-0.1, -0.05) is 18.2 Å². The molecule has 0 unspecified atom stereocenters. The Bertz CT molecular complexity index is 1180. The summed E-state index contributed by atoms with van der Waals surface area (Å²) in [4.78, 5) is 32.6. The quantitative estimate of drug-likeness (QED) is 0.516. The Morgan fingerprint density at radius 2 is 1.89 bits per heavy atom. The number of anilines is 1. The Hall–Kier alpha value is -4.08. The lowest BCUT2D eigenvalue weighted by atomic mass is 10.2. The maximum atomic E-state index is 13.9. The lowest BCUT2D eigenvalue weighted by Gasteiger charge is -2.08. The van der Waals surface area contributed by atoms with Gasteiger partial charge in [0, 0.05) is 0 Å². The van der Waals surface area contributed by atoms with Crippen LogP contribution in [0.4, 0.5) is 14.5 Å². The molecule has 0 saturated carbocycles. The number of benzene rings is 2. The van der Waals surface area contributed by atoms with Crippen LogP contribution < -0.4 is 10.2 Å². The first kappa shape index (κ1) is 17.3. The maximum Gasteiger partial charge on any atom is 0.321 e. The number of imidazole rings is 1. The minimum Gasteiger partial charge on any atom is -0.338 e. The average Bonchev–Trinajstić information content (AvgIpc) is 3.26. The van der Waals surface area contributed by atoms with Crippen molar-refractivity contribution in [1.82, 2.24) is 19.9 Å². The van der Waals surface area contributed by atoms with Crippen LogP contribution in [0.15, 0.2) is 48.7 Å². The molecule has 4 aromatic rings. The normalized spacial score (nSPS) is 10.8. The first-order chi connectivity index (χ1) is 13.6. The number of aromatic amines is 1. The van der Waals surface area contributed by atoms with Crippen molar-refractivity contribution >= 4 is 29.1 Å². The molecule has 2 heterocycles. The number of hydrogen-bond donors (Lipinski definition) is 2. The van der Waals surface area contributed by atoms with E-state index in [4.69, 9.17) is 4.84 Å². The van der Waals surface area contributed by atoms with Gasteiger partial charge in [-0.15, -0.1) is 0 Å². The van der Waals surface area contributed by atoms with Crippen molar-refractivity contribution in [3.8, 4) is 11.5 Å². The second kappa shape index (κ2) is 6.91. The van der Waals surface area contributed by atoms with Gasteiger partial charge in [-0.3, -0.25) is 14.7 Å². The molecule has 2 aromatic heterocycles. The molecule has 0 bridgehead atoms. The number of amides is 1. The predicted molar refractivity (Wildman–Crippen MR) is 94.3 cm³/mol. The van der Waals surface area contributed by atoms with Crippen LogP contribution in [0.5, 0.6) is 0 Å². The van der Waals surface area contributed by atoms with Crippen LogP contribution in [0.2, 0.25) is 0 Å². The van der Waals surface area contributed by atoms with E-state index in [1.165, 1.54) is 6.20 Å². The van der Waals surface area contributed by atoms with Crippen molar-refractivity contribution in [1.29, 1.82) is 0 Å². The highest BCUT2D eigenvalue weighted by Gasteiger charge is 2.22. The molecule has 0 saturated heterocycles. The van der Waals surface area contributed by atoms with Crippen molar-refractivity contribution in [2.24, 2.45) is 0 Å². The van der Waals surface area contributed by atoms with Crippen LogP contribution in [0.3, 0.4) is 0 Å². The molecular weight excluding hydrogens is 372 g/mol. The molecule has 8 nitrogen and oxygen atoms in total. The second-order valence-corrected chi connectivity index (χ2v) is 5.63. The lowest BCUT2D eigenvalue weighted by molar-refractivity contribution is -0.128. The molecule has 0 spiro atoms. The molecule has 0 aliphatic carbocycles. The molecular formula is C18H11F2N5O3. The molecule has 28 heavy (non-hydrogen) atoms. The van der Waals surface area contributed by atoms with Gasteiger partial charge in [-0.25, -0.2) is 13.8 Å². The summed E-state index contributed by atoms with van der Waals surface area (Å²) in [7, 11) is 0. The number of para-hydroxylation sites is 2. The first-order valence-electron chi connectivity index (χ1n) is 7.97. The van der Waals surface area contributed by atoms with Gasteiger partial charge in [-0.05, 0) is 24.3 Å². The van der Waals surface area contributed by atoms with E-state index in [1.807, 2.05) is 0 Å². The van der Waals surface area contributed by atoms with Crippen molar-refractivity contribution in [3.63, 3.8) is 0 Å². The monoisotopic (exact) mass is 383 g/mol. The number of aromatic nitrogens is 4. The first-order valence-corrected chi connectivity index (χ1v) is 7.97. The zero-order chi connectivity index (χ0) is 19.7. The summed E-state index contributed by atoms with van der Waals surface area (Å²) < 4.78 is 28.9. The third-order valence-electron chi connectivity index (χ3n) is 3.97. The molecule has 2 N–H and O–H groups in total. The van der Waals surface area contributed by atoms with Crippen molar-refractivity contribution in [2.75, 3.05) is 5.32 Å². The molecule has 4 rings (SSSR count). The number of carbonyl (C=O) groups is 2. The smallest absolute Gasteiger partial charge is 0.321 e. The van der Waals surface area contributed by atoms with E-state index in [1.54, 1.807) is 24.3 Å². The van der Waals surface area contributed by atoms with Gasteiger partial charge in [0.05, 0.1) is 17.4 Å². The van der Waals surface area contributed by atoms with Gasteiger partial charge in [0.25, 0.3) is 5.91 Å². The molecule has 0 fully saturated rings. The molecule has 10 heteroatoms. The Balaban J connectivity index is 1.76. The van der Waals surface area contributed by atoms with E-state index >= 15 is 0 Å². The van der Waals surface area contributed by atoms with Crippen molar-refractivity contribution in [3.05, 3.63) is 65.9 Å². The van der Waals surface area contributed by atoms with Gasteiger partial charge in [0.1, 0.15) is 28.4 Å². The number of nitrogens with zero attached hydrogens (tertiary/aromatic N) is 3. The van der Waals surface area contributed by atoms with E-state index in [0.717, 1.165) is 22.9 Å². The second-order valence-electron chi connectivity index (χ2n) is 5.63. The van der Waals surface area contributed by atoms with E-state index in [-0.39, 0.29) is 23.7 Å². The fraction of sp³-hybridized carbons (Fsp3) is 0. The fourth-order valence-electron chi connectivity index (χ4n) is 2.76. The van der Waals surface area contributed by atoms with Crippen molar-refractivity contribution < 1.29 is 23.2 Å². The summed E-state index contributed by atoms with van der Waals surface area (Å²) in [6.45, 7) is 0.223. The summed E-state index contributed by atoms with van der Waals surface area (Å²) in [5.74, 6) is -2.87. The van der Waals surface area contributed by atoms with Gasteiger partial charge < -0.3 is 10.2 Å². The molecule has 140 valence electrons. The standard InChI is InChI=1S/C18H11F2N5O3/c19-10-4-3-5-11(20)15(10)18(27)23-13-8-21-24-16(13)17-22-12-6-1-2-7-14(12)25(17)28-9-26/h1-9H,(H,21,24)(H,23,27). The average molecular weight is 383 g/mol. The topological polar surface area (TPSA) is 102 Å². The zero-order valence-corrected chi connectivity index (χ0v) is 14.0. The molecule has 0 radical (unpaired) electrons. The number of halogens is 2. The number of hydrogen-bond acceptors (Lipinski definition) is 5. The van der Waals surface area contributed by atoms with Gasteiger partial charge >= 0.3 is 6.47 Å². The van der Waals surface area contributed by atoms with Crippen molar-refractivity contribution in [2.45, 2.75) is 0 Å². The maximum absolute atomic E-state index is 13.9. The summed E-state index contributed by atoms with van der Waals surface area (Å²) in [6.07, 6.45) is 1.25. The molecule has 0 atom stereocenters. The SMILES string of the molecule is O=COn1c(-c2[nH]ncc2NC(=O)c2c(F)cccc2F)nc2ccccc21. The van der Waals surface area contributed by atoms with Gasteiger partial charge in [0.15, 0.2) is 5.82 Å². The summed E-state index contributed by atoms with van der Waals surface area (Å²) in [6, 6.07) is 9.97. The summed E-state index contributed by atoms with van der Waals surface area (Å²) >= 11 is 0. The van der Waals surface area contributed by atoms with E-state index < -0.39 is 23.1 Å². The van der Waals surface area contributed by atoms with E-state index in [9.17, 15) is 18.4 Å². The number of nitrogens with one attached hydrogen (secondary N) is 2. The zero-order valence-electron chi connectivity index (χ0n) is 14.0. The van der Waals surface area contributed by atoms with Crippen LogP contribution in [-0.2, 0) is 4.79 Å². The Morgan fingerprint density at radius 1 is 1.14 bits per heavy atom. The van der Waals surface area contributed by atoms with Crippen LogP contribution in [-0.4, -0.2) is 32.3 Å². The van der Waals surface area contributed by atoms with Crippen LogP contribution in [0, 0.1) is 11.6 Å². The number of fused-ring (bicyclic) bond motifs is 1.